The summed E-state index contributed by atoms with van der Waals surface area (Å²) < 4.78 is 0. The van der Waals surface area contributed by atoms with Crippen LogP contribution in [0, 0.1) is 6.92 Å². The van der Waals surface area contributed by atoms with E-state index in [-0.39, 0.29) is 6.61 Å². The van der Waals surface area contributed by atoms with Gasteiger partial charge in [0.25, 0.3) is 0 Å². The molecular formula is C13H12OS. The fraction of sp³-hybridized carbons (Fsp3) is 0.154. The van der Waals surface area contributed by atoms with Crippen LogP contribution in [0.4, 0.5) is 0 Å². The fourth-order valence-corrected chi connectivity index (χ4v) is 2.15. The molecule has 0 atom stereocenters. The maximum Gasteiger partial charge on any atom is 0.0754 e. The van der Waals surface area contributed by atoms with Crippen molar-refractivity contribution in [1.29, 1.82) is 0 Å². The van der Waals surface area contributed by atoms with Gasteiger partial charge in [-0.05, 0) is 31.2 Å². The molecule has 1 aromatic carbocycles. The summed E-state index contributed by atoms with van der Waals surface area (Å²) in [6.45, 7) is 2.14. The highest BCUT2D eigenvalue weighted by Crippen LogP contribution is 2.29. The van der Waals surface area contributed by atoms with Crippen LogP contribution < -0.4 is 0 Å². The molecule has 15 heavy (non-hydrogen) atoms. The van der Waals surface area contributed by atoms with E-state index in [0.717, 1.165) is 10.5 Å². The smallest absolute Gasteiger partial charge is 0.0754 e. The third kappa shape index (κ3) is 2.63. The Hall–Kier alpha value is -1.21. The Morgan fingerprint density at radius 2 is 1.93 bits per heavy atom. The molecule has 0 heterocycles. The molecule has 0 spiro atoms. The van der Waals surface area contributed by atoms with Crippen LogP contribution in [0.15, 0.2) is 57.5 Å². The highest BCUT2D eigenvalue weighted by atomic mass is 32.2. The van der Waals surface area contributed by atoms with Crippen molar-refractivity contribution in [3.05, 3.63) is 58.2 Å². The van der Waals surface area contributed by atoms with E-state index in [9.17, 15) is 0 Å². The molecule has 0 saturated heterocycles. The molecule has 76 valence electrons. The average molecular weight is 216 g/mol. The molecule has 0 amide bonds. The first-order valence-corrected chi connectivity index (χ1v) is 5.63. The summed E-state index contributed by atoms with van der Waals surface area (Å²) >= 11 is 1.67. The molecule has 2 heteroatoms. The van der Waals surface area contributed by atoms with Gasteiger partial charge >= 0.3 is 0 Å². The second-order valence-corrected chi connectivity index (χ2v) is 4.54. The van der Waals surface area contributed by atoms with Gasteiger partial charge in [0.15, 0.2) is 0 Å². The molecule has 0 radical (unpaired) electrons. The molecule has 1 aromatic rings. The van der Waals surface area contributed by atoms with Crippen molar-refractivity contribution in [2.24, 2.45) is 0 Å². The van der Waals surface area contributed by atoms with Crippen molar-refractivity contribution in [2.75, 3.05) is 6.61 Å². The minimum Gasteiger partial charge on any atom is -0.391 e. The summed E-state index contributed by atoms with van der Waals surface area (Å²) in [6.07, 6.45) is 3.88. The Morgan fingerprint density at radius 3 is 2.53 bits per heavy atom. The van der Waals surface area contributed by atoms with Gasteiger partial charge in [0, 0.05) is 10.5 Å². The number of aliphatic hydroxyl groups is 1. The number of hydrogen-bond acceptors (Lipinski definition) is 2. The minimum absolute atomic E-state index is 0.0639. The quantitative estimate of drug-likeness (QED) is 0.784. The van der Waals surface area contributed by atoms with E-state index in [0.29, 0.717) is 0 Å². The van der Waals surface area contributed by atoms with E-state index < -0.39 is 0 Å². The number of aliphatic hydroxyl groups excluding tert-OH is 1. The van der Waals surface area contributed by atoms with Crippen molar-refractivity contribution in [1.82, 2.24) is 0 Å². The van der Waals surface area contributed by atoms with Crippen LogP contribution in [0.1, 0.15) is 5.56 Å². The van der Waals surface area contributed by atoms with Crippen LogP contribution in [0.3, 0.4) is 0 Å². The van der Waals surface area contributed by atoms with E-state index >= 15 is 0 Å². The lowest BCUT2D eigenvalue weighted by Crippen LogP contribution is -1.79. The van der Waals surface area contributed by atoms with E-state index in [1.54, 1.807) is 11.8 Å². The van der Waals surface area contributed by atoms with E-state index in [2.05, 4.69) is 36.9 Å². The lowest BCUT2D eigenvalue weighted by molar-refractivity contribution is 0.335. The molecule has 1 N–H and O–H groups in total. The van der Waals surface area contributed by atoms with Crippen molar-refractivity contribution < 1.29 is 5.11 Å². The van der Waals surface area contributed by atoms with Crippen LogP contribution in [0.25, 0.3) is 0 Å². The molecule has 0 bridgehead atoms. The number of rotatable bonds is 3. The van der Waals surface area contributed by atoms with Crippen LogP contribution in [-0.4, -0.2) is 11.7 Å². The molecule has 2 rings (SSSR count). The molecule has 0 aromatic heterocycles. The number of aryl methyl sites for hydroxylation is 1. The summed E-state index contributed by atoms with van der Waals surface area (Å²) in [5.74, 6) is 0. The van der Waals surface area contributed by atoms with Gasteiger partial charge in [-0.2, -0.15) is 0 Å². The van der Waals surface area contributed by atoms with Gasteiger partial charge in [-0.3, -0.25) is 0 Å². The van der Waals surface area contributed by atoms with Crippen molar-refractivity contribution in [3.8, 4) is 0 Å². The molecule has 1 aliphatic carbocycles. The van der Waals surface area contributed by atoms with Crippen LogP contribution in [0.2, 0.25) is 0 Å². The van der Waals surface area contributed by atoms with Gasteiger partial charge in [0.2, 0.25) is 0 Å². The summed E-state index contributed by atoms with van der Waals surface area (Å²) in [5, 5.41) is 8.91. The highest BCUT2D eigenvalue weighted by Gasteiger charge is 2.02. The monoisotopic (exact) mass is 216 g/mol. The first kappa shape index (κ1) is 10.3. The molecular weight excluding hydrogens is 204 g/mol. The average Bonchev–Trinajstić information content (AvgIpc) is 2.69. The molecule has 0 fully saturated rings. The Morgan fingerprint density at radius 1 is 1.20 bits per heavy atom. The van der Waals surface area contributed by atoms with Gasteiger partial charge in [-0.25, -0.2) is 0 Å². The van der Waals surface area contributed by atoms with Crippen molar-refractivity contribution in [3.63, 3.8) is 0 Å². The molecule has 1 nitrogen and oxygen atoms in total. The molecule has 0 aliphatic heterocycles. The van der Waals surface area contributed by atoms with Gasteiger partial charge in [0.1, 0.15) is 0 Å². The predicted molar refractivity (Wildman–Crippen MR) is 63.8 cm³/mol. The molecule has 0 saturated carbocycles. The Kier molecular flexibility index (Phi) is 3.12. The van der Waals surface area contributed by atoms with Gasteiger partial charge < -0.3 is 5.11 Å². The zero-order valence-corrected chi connectivity index (χ0v) is 9.34. The lowest BCUT2D eigenvalue weighted by Gasteiger charge is -1.99. The maximum atomic E-state index is 8.91. The third-order valence-electron chi connectivity index (χ3n) is 2.14. The van der Waals surface area contributed by atoms with E-state index in [1.807, 2.05) is 12.2 Å². The second-order valence-electron chi connectivity index (χ2n) is 3.42. The zero-order valence-electron chi connectivity index (χ0n) is 8.53. The second kappa shape index (κ2) is 4.54. The number of benzene rings is 1. The predicted octanol–water partition coefficient (Wildman–Crippen LogP) is 3.06. The summed E-state index contributed by atoms with van der Waals surface area (Å²) in [7, 11) is 0. The maximum absolute atomic E-state index is 8.91. The van der Waals surface area contributed by atoms with Crippen molar-refractivity contribution in [2.45, 2.75) is 11.8 Å². The lowest BCUT2D eigenvalue weighted by atomic mass is 10.2. The number of thioether (sulfide) groups is 1. The minimum atomic E-state index is 0.0639. The Bertz CT molecular complexity index is 448. The van der Waals surface area contributed by atoms with Crippen molar-refractivity contribution >= 4 is 11.8 Å². The largest absolute Gasteiger partial charge is 0.391 e. The van der Waals surface area contributed by atoms with E-state index in [1.165, 1.54) is 10.5 Å². The standard InChI is InChI=1S/C13H12OS/c1-10-2-5-12(6-3-10)15-13-7-4-11(8-13)9-14/h2-7,14H,9H2,1H3. The topological polar surface area (TPSA) is 20.2 Å². The van der Waals surface area contributed by atoms with Gasteiger partial charge in [0.05, 0.1) is 11.5 Å². The molecule has 0 unspecified atom stereocenters. The zero-order chi connectivity index (χ0) is 10.7. The first-order valence-electron chi connectivity index (χ1n) is 4.81. The van der Waals surface area contributed by atoms with E-state index in [4.69, 9.17) is 5.11 Å². The summed E-state index contributed by atoms with van der Waals surface area (Å²) in [4.78, 5) is 2.26. The first-order chi connectivity index (χ1) is 7.28. The fourth-order valence-electron chi connectivity index (χ4n) is 1.30. The Balaban J connectivity index is 2.14. The van der Waals surface area contributed by atoms with Gasteiger partial charge in [-0.1, -0.05) is 35.2 Å². The highest BCUT2D eigenvalue weighted by molar-refractivity contribution is 8.03. The summed E-state index contributed by atoms with van der Waals surface area (Å²) in [6, 6.07) is 8.38. The van der Waals surface area contributed by atoms with Crippen LogP contribution >= 0.6 is 11.8 Å². The van der Waals surface area contributed by atoms with Crippen LogP contribution in [0.5, 0.6) is 0 Å². The SMILES string of the molecule is Cc1ccc(SC2=C=C(CO)C=C2)cc1. The third-order valence-corrected chi connectivity index (χ3v) is 3.10. The Labute approximate surface area is 93.8 Å². The summed E-state index contributed by atoms with van der Waals surface area (Å²) in [5.41, 5.74) is 5.26. The normalized spacial score (nSPS) is 14.0. The number of hydrogen-bond donors (Lipinski definition) is 1. The molecule has 1 aliphatic rings. The van der Waals surface area contributed by atoms with Gasteiger partial charge in [-0.15, -0.1) is 0 Å². The van der Waals surface area contributed by atoms with Crippen LogP contribution in [-0.2, 0) is 0 Å².